The first-order chi connectivity index (χ1) is 7.70. The lowest BCUT2D eigenvalue weighted by atomic mass is 10.2. The standard InChI is InChI=1S/C13H18FNO/c1-9-6-7-10(8-11(9)14)16-13-5-3-4-12(13)15-2/h6-8,12-13,15H,3-5H2,1-2H3. The van der Waals surface area contributed by atoms with Gasteiger partial charge in [0.15, 0.2) is 0 Å². The van der Waals surface area contributed by atoms with Gasteiger partial charge in [-0.1, -0.05) is 6.07 Å². The summed E-state index contributed by atoms with van der Waals surface area (Å²) in [5.41, 5.74) is 0.656. The van der Waals surface area contributed by atoms with Gasteiger partial charge >= 0.3 is 0 Å². The van der Waals surface area contributed by atoms with Gasteiger partial charge in [-0.05, 0) is 44.9 Å². The molecule has 0 bridgehead atoms. The van der Waals surface area contributed by atoms with Crippen molar-refractivity contribution in [3.8, 4) is 5.75 Å². The molecule has 2 atom stereocenters. The Bertz CT molecular complexity index is 367. The van der Waals surface area contributed by atoms with Crippen molar-refractivity contribution in [2.24, 2.45) is 0 Å². The highest BCUT2D eigenvalue weighted by molar-refractivity contribution is 5.28. The number of hydrogen-bond acceptors (Lipinski definition) is 2. The van der Waals surface area contributed by atoms with Gasteiger partial charge in [0.1, 0.15) is 17.7 Å². The zero-order valence-electron chi connectivity index (χ0n) is 9.79. The molecule has 1 fully saturated rings. The maximum Gasteiger partial charge on any atom is 0.129 e. The van der Waals surface area contributed by atoms with Crippen molar-refractivity contribution in [3.63, 3.8) is 0 Å². The molecule has 0 amide bonds. The van der Waals surface area contributed by atoms with Crippen molar-refractivity contribution in [1.82, 2.24) is 5.32 Å². The fourth-order valence-corrected chi connectivity index (χ4v) is 2.22. The molecule has 0 aromatic heterocycles. The van der Waals surface area contributed by atoms with Gasteiger partial charge in [0.05, 0.1) is 0 Å². The van der Waals surface area contributed by atoms with E-state index in [1.54, 1.807) is 13.0 Å². The summed E-state index contributed by atoms with van der Waals surface area (Å²) < 4.78 is 19.1. The number of ether oxygens (including phenoxy) is 1. The number of likely N-dealkylation sites (N-methyl/N-ethyl adjacent to an activating group) is 1. The Balaban J connectivity index is 2.05. The maximum absolute atomic E-state index is 13.3. The maximum atomic E-state index is 13.3. The van der Waals surface area contributed by atoms with Crippen LogP contribution in [-0.4, -0.2) is 19.2 Å². The zero-order chi connectivity index (χ0) is 11.5. The minimum atomic E-state index is -0.198. The molecule has 1 aromatic rings. The molecular weight excluding hydrogens is 205 g/mol. The highest BCUT2D eigenvalue weighted by Gasteiger charge is 2.27. The third-order valence-corrected chi connectivity index (χ3v) is 3.25. The van der Waals surface area contributed by atoms with Crippen molar-refractivity contribution >= 4 is 0 Å². The summed E-state index contributed by atoms with van der Waals surface area (Å²) in [6.07, 6.45) is 3.52. The van der Waals surface area contributed by atoms with E-state index < -0.39 is 0 Å². The van der Waals surface area contributed by atoms with Gasteiger partial charge in [0.25, 0.3) is 0 Å². The average molecular weight is 223 g/mol. The first-order valence-corrected chi connectivity index (χ1v) is 5.81. The summed E-state index contributed by atoms with van der Waals surface area (Å²) in [5, 5.41) is 3.24. The van der Waals surface area contributed by atoms with Crippen LogP contribution in [0.2, 0.25) is 0 Å². The monoisotopic (exact) mass is 223 g/mol. The number of halogens is 1. The molecule has 1 aromatic carbocycles. The normalized spacial score (nSPS) is 24.7. The van der Waals surface area contributed by atoms with Gasteiger partial charge in [-0.3, -0.25) is 0 Å². The van der Waals surface area contributed by atoms with Crippen LogP contribution in [0.5, 0.6) is 5.75 Å². The van der Waals surface area contributed by atoms with Crippen molar-refractivity contribution in [2.45, 2.75) is 38.3 Å². The average Bonchev–Trinajstić information content (AvgIpc) is 2.71. The van der Waals surface area contributed by atoms with E-state index in [0.29, 0.717) is 17.4 Å². The minimum Gasteiger partial charge on any atom is -0.489 e. The highest BCUT2D eigenvalue weighted by Crippen LogP contribution is 2.25. The second-order valence-corrected chi connectivity index (χ2v) is 4.39. The van der Waals surface area contributed by atoms with Crippen LogP contribution in [-0.2, 0) is 0 Å². The second-order valence-electron chi connectivity index (χ2n) is 4.39. The van der Waals surface area contributed by atoms with E-state index in [9.17, 15) is 4.39 Å². The zero-order valence-corrected chi connectivity index (χ0v) is 9.79. The fraction of sp³-hybridized carbons (Fsp3) is 0.538. The van der Waals surface area contributed by atoms with Gasteiger partial charge in [-0.2, -0.15) is 0 Å². The van der Waals surface area contributed by atoms with E-state index in [0.717, 1.165) is 12.8 Å². The molecule has 0 aliphatic heterocycles. The fourth-order valence-electron chi connectivity index (χ4n) is 2.22. The lowest BCUT2D eigenvalue weighted by Crippen LogP contribution is -2.36. The predicted octanol–water partition coefficient (Wildman–Crippen LogP) is 2.65. The molecular formula is C13H18FNO. The van der Waals surface area contributed by atoms with Crippen molar-refractivity contribution in [2.75, 3.05) is 7.05 Å². The minimum absolute atomic E-state index is 0.173. The third kappa shape index (κ3) is 2.35. The van der Waals surface area contributed by atoms with Gasteiger partial charge in [-0.15, -0.1) is 0 Å². The molecule has 0 saturated heterocycles. The third-order valence-electron chi connectivity index (χ3n) is 3.25. The Morgan fingerprint density at radius 3 is 2.88 bits per heavy atom. The molecule has 0 spiro atoms. The number of aryl methyl sites for hydroxylation is 1. The smallest absolute Gasteiger partial charge is 0.129 e. The number of nitrogens with one attached hydrogen (secondary N) is 1. The first kappa shape index (κ1) is 11.4. The van der Waals surface area contributed by atoms with E-state index in [2.05, 4.69) is 5.32 Å². The topological polar surface area (TPSA) is 21.3 Å². The summed E-state index contributed by atoms with van der Waals surface area (Å²) in [6.45, 7) is 1.76. The highest BCUT2D eigenvalue weighted by atomic mass is 19.1. The van der Waals surface area contributed by atoms with Gasteiger partial charge in [-0.25, -0.2) is 4.39 Å². The lowest BCUT2D eigenvalue weighted by molar-refractivity contribution is 0.178. The molecule has 3 heteroatoms. The molecule has 2 unspecified atom stereocenters. The predicted molar refractivity (Wildman–Crippen MR) is 62.3 cm³/mol. The molecule has 0 heterocycles. The van der Waals surface area contributed by atoms with E-state index in [1.807, 2.05) is 13.1 Å². The van der Waals surface area contributed by atoms with Crippen LogP contribution in [0, 0.1) is 12.7 Å². The number of rotatable bonds is 3. The summed E-state index contributed by atoms with van der Waals surface area (Å²) in [6, 6.07) is 5.46. The Hall–Kier alpha value is -1.09. The largest absolute Gasteiger partial charge is 0.489 e. The Labute approximate surface area is 95.8 Å². The Morgan fingerprint density at radius 2 is 2.19 bits per heavy atom. The van der Waals surface area contributed by atoms with Crippen molar-refractivity contribution < 1.29 is 9.13 Å². The quantitative estimate of drug-likeness (QED) is 0.850. The van der Waals surface area contributed by atoms with E-state index >= 15 is 0 Å². The van der Waals surface area contributed by atoms with Crippen LogP contribution >= 0.6 is 0 Å². The molecule has 1 N–H and O–H groups in total. The van der Waals surface area contributed by atoms with Crippen LogP contribution < -0.4 is 10.1 Å². The molecule has 88 valence electrons. The van der Waals surface area contributed by atoms with Crippen molar-refractivity contribution in [3.05, 3.63) is 29.6 Å². The van der Waals surface area contributed by atoms with Crippen molar-refractivity contribution in [1.29, 1.82) is 0 Å². The molecule has 16 heavy (non-hydrogen) atoms. The number of benzene rings is 1. The first-order valence-electron chi connectivity index (χ1n) is 5.81. The molecule has 1 saturated carbocycles. The van der Waals surface area contributed by atoms with Gasteiger partial charge < -0.3 is 10.1 Å². The summed E-state index contributed by atoms with van der Waals surface area (Å²) in [4.78, 5) is 0. The van der Waals surface area contributed by atoms with Gasteiger partial charge in [0, 0.05) is 12.1 Å². The Morgan fingerprint density at radius 1 is 1.38 bits per heavy atom. The lowest BCUT2D eigenvalue weighted by Gasteiger charge is -2.20. The number of hydrogen-bond donors (Lipinski definition) is 1. The molecule has 0 radical (unpaired) electrons. The van der Waals surface area contributed by atoms with Gasteiger partial charge in [0.2, 0.25) is 0 Å². The second kappa shape index (κ2) is 4.83. The van der Waals surface area contributed by atoms with Crippen LogP contribution in [0.4, 0.5) is 4.39 Å². The van der Waals surface area contributed by atoms with Crippen LogP contribution in [0.3, 0.4) is 0 Å². The van der Waals surface area contributed by atoms with Crippen LogP contribution in [0.15, 0.2) is 18.2 Å². The summed E-state index contributed by atoms with van der Waals surface area (Å²) >= 11 is 0. The molecule has 1 aliphatic carbocycles. The van der Waals surface area contributed by atoms with E-state index in [4.69, 9.17) is 4.74 Å². The Kier molecular flexibility index (Phi) is 3.44. The molecule has 2 nitrogen and oxygen atoms in total. The molecule has 1 aliphatic rings. The van der Waals surface area contributed by atoms with Crippen LogP contribution in [0.1, 0.15) is 24.8 Å². The van der Waals surface area contributed by atoms with E-state index in [1.165, 1.54) is 12.5 Å². The summed E-state index contributed by atoms with van der Waals surface area (Å²) in [5.74, 6) is 0.437. The SMILES string of the molecule is CNC1CCCC1Oc1ccc(C)c(F)c1. The van der Waals surface area contributed by atoms with Crippen LogP contribution in [0.25, 0.3) is 0 Å². The molecule has 2 rings (SSSR count). The summed E-state index contributed by atoms with van der Waals surface area (Å²) in [7, 11) is 1.95. The van der Waals surface area contributed by atoms with E-state index in [-0.39, 0.29) is 11.9 Å².